The van der Waals surface area contributed by atoms with Gasteiger partial charge >= 0.3 is 0 Å². The first-order valence-corrected chi connectivity index (χ1v) is 7.82. The highest BCUT2D eigenvalue weighted by atomic mass is 19.1. The van der Waals surface area contributed by atoms with Crippen molar-refractivity contribution >= 4 is 0 Å². The fourth-order valence-corrected chi connectivity index (χ4v) is 2.99. The highest BCUT2D eigenvalue weighted by Gasteiger charge is 2.22. The first-order chi connectivity index (χ1) is 10.1. The zero-order valence-electron chi connectivity index (χ0n) is 13.0. The van der Waals surface area contributed by atoms with Crippen LogP contribution in [0, 0.1) is 5.82 Å². The van der Waals surface area contributed by atoms with Crippen LogP contribution in [0.5, 0.6) is 0 Å². The molecular formula is C16H26FN3O. The minimum Gasteiger partial charge on any atom is -0.387 e. The van der Waals surface area contributed by atoms with E-state index in [1.807, 2.05) is 0 Å². The molecule has 0 spiro atoms. The number of halogens is 1. The van der Waals surface area contributed by atoms with Crippen LogP contribution in [-0.2, 0) is 0 Å². The Morgan fingerprint density at radius 2 is 2.24 bits per heavy atom. The normalized spacial score (nSPS) is 23.0. The van der Waals surface area contributed by atoms with Crippen LogP contribution in [0.1, 0.15) is 38.0 Å². The summed E-state index contributed by atoms with van der Waals surface area (Å²) in [6.45, 7) is 6.37. The van der Waals surface area contributed by atoms with E-state index in [2.05, 4.69) is 28.8 Å². The molecule has 1 aromatic rings. The molecule has 0 bridgehead atoms. The Balaban J connectivity index is 1.89. The summed E-state index contributed by atoms with van der Waals surface area (Å²) in [5.74, 6) is -0.368. The van der Waals surface area contributed by atoms with Crippen molar-refractivity contribution in [3.8, 4) is 0 Å². The number of hydrogen-bond acceptors (Lipinski definition) is 4. The van der Waals surface area contributed by atoms with Gasteiger partial charge in [0, 0.05) is 19.1 Å². The van der Waals surface area contributed by atoms with Crippen molar-refractivity contribution in [1.29, 1.82) is 0 Å². The van der Waals surface area contributed by atoms with Gasteiger partial charge in [-0.05, 0) is 51.5 Å². The van der Waals surface area contributed by atoms with Crippen LogP contribution in [0.4, 0.5) is 4.39 Å². The number of pyridine rings is 1. The Morgan fingerprint density at radius 1 is 1.43 bits per heavy atom. The first kappa shape index (κ1) is 16.3. The van der Waals surface area contributed by atoms with E-state index in [1.54, 1.807) is 6.07 Å². The molecule has 21 heavy (non-hydrogen) atoms. The maximum Gasteiger partial charge on any atom is 0.141 e. The lowest BCUT2D eigenvalue weighted by Crippen LogP contribution is -2.40. The number of rotatable bonds is 5. The number of aliphatic hydroxyl groups excluding tert-OH is 1. The summed E-state index contributed by atoms with van der Waals surface area (Å²) in [5, 5.41) is 10.2. The van der Waals surface area contributed by atoms with Gasteiger partial charge in [0.1, 0.15) is 5.82 Å². The lowest BCUT2D eigenvalue weighted by molar-refractivity contribution is 0.118. The fourth-order valence-electron chi connectivity index (χ4n) is 2.99. The second kappa shape index (κ2) is 7.82. The number of aromatic nitrogens is 1. The third kappa shape index (κ3) is 4.73. The van der Waals surface area contributed by atoms with Gasteiger partial charge in [0.15, 0.2) is 0 Å². The highest BCUT2D eigenvalue weighted by Crippen LogP contribution is 2.18. The van der Waals surface area contributed by atoms with Crippen LogP contribution in [0.25, 0.3) is 0 Å². The van der Waals surface area contributed by atoms with Crippen LogP contribution >= 0.6 is 0 Å². The molecule has 0 radical (unpaired) electrons. The average Bonchev–Trinajstić information content (AvgIpc) is 2.66. The number of hydrogen-bond donors (Lipinski definition) is 1. The monoisotopic (exact) mass is 295 g/mol. The summed E-state index contributed by atoms with van der Waals surface area (Å²) < 4.78 is 12.8. The molecule has 1 saturated heterocycles. The minimum atomic E-state index is -0.621. The Bertz CT molecular complexity index is 426. The number of aliphatic hydroxyl groups is 1. The third-order valence-corrected chi connectivity index (χ3v) is 4.28. The summed E-state index contributed by atoms with van der Waals surface area (Å²) in [5.41, 5.74) is 0.552. The minimum absolute atomic E-state index is 0.368. The molecular weight excluding hydrogens is 269 g/mol. The predicted octanol–water partition coefficient (Wildman–Crippen LogP) is 2.06. The van der Waals surface area contributed by atoms with E-state index < -0.39 is 6.10 Å². The van der Waals surface area contributed by atoms with Gasteiger partial charge in [-0.1, -0.05) is 6.92 Å². The number of nitrogens with zero attached hydrogens (tertiary/aromatic N) is 3. The van der Waals surface area contributed by atoms with Crippen molar-refractivity contribution in [3.63, 3.8) is 0 Å². The molecule has 0 aliphatic carbocycles. The van der Waals surface area contributed by atoms with Gasteiger partial charge in [0.25, 0.3) is 0 Å². The average molecular weight is 295 g/mol. The third-order valence-electron chi connectivity index (χ3n) is 4.28. The van der Waals surface area contributed by atoms with Gasteiger partial charge in [-0.3, -0.25) is 9.88 Å². The fraction of sp³-hybridized carbons (Fsp3) is 0.688. The van der Waals surface area contributed by atoms with Crippen LogP contribution in [0.3, 0.4) is 0 Å². The zero-order valence-corrected chi connectivity index (χ0v) is 13.0. The molecule has 0 saturated carbocycles. The van der Waals surface area contributed by atoms with Crippen LogP contribution < -0.4 is 0 Å². The second-order valence-corrected chi connectivity index (χ2v) is 5.92. The van der Waals surface area contributed by atoms with E-state index >= 15 is 0 Å². The Morgan fingerprint density at radius 3 is 2.90 bits per heavy atom. The number of likely N-dealkylation sites (N-methyl/N-ethyl adjacent to an activating group) is 1. The SMILES string of the molecule is CCC1CN(C)CCCN1CCC(O)c1ccc(F)cn1. The van der Waals surface area contributed by atoms with E-state index in [0.29, 0.717) is 18.2 Å². The Labute approximate surface area is 126 Å². The molecule has 1 aromatic heterocycles. The van der Waals surface area contributed by atoms with E-state index in [4.69, 9.17) is 0 Å². The summed E-state index contributed by atoms with van der Waals surface area (Å²) in [4.78, 5) is 8.81. The maximum atomic E-state index is 12.8. The quantitative estimate of drug-likeness (QED) is 0.902. The largest absolute Gasteiger partial charge is 0.387 e. The zero-order chi connectivity index (χ0) is 15.2. The van der Waals surface area contributed by atoms with E-state index in [9.17, 15) is 9.50 Å². The molecule has 1 N–H and O–H groups in total. The topological polar surface area (TPSA) is 39.6 Å². The van der Waals surface area contributed by atoms with Gasteiger partial charge < -0.3 is 10.0 Å². The smallest absolute Gasteiger partial charge is 0.141 e. The van der Waals surface area contributed by atoms with Crippen molar-refractivity contribution in [2.45, 2.75) is 38.3 Å². The van der Waals surface area contributed by atoms with Crippen molar-refractivity contribution in [1.82, 2.24) is 14.8 Å². The van der Waals surface area contributed by atoms with Gasteiger partial charge in [-0.25, -0.2) is 4.39 Å². The lowest BCUT2D eigenvalue weighted by Gasteiger charge is -2.30. The van der Waals surface area contributed by atoms with E-state index in [0.717, 1.165) is 45.2 Å². The van der Waals surface area contributed by atoms with Crippen molar-refractivity contribution in [2.24, 2.45) is 0 Å². The molecule has 0 aromatic carbocycles. The summed E-state index contributed by atoms with van der Waals surface area (Å²) in [7, 11) is 2.17. The molecule has 2 rings (SSSR count). The molecule has 4 nitrogen and oxygen atoms in total. The maximum absolute atomic E-state index is 12.8. The van der Waals surface area contributed by atoms with Gasteiger partial charge in [-0.2, -0.15) is 0 Å². The van der Waals surface area contributed by atoms with Crippen LogP contribution in [-0.4, -0.2) is 59.2 Å². The van der Waals surface area contributed by atoms with Gasteiger partial charge in [0.05, 0.1) is 18.0 Å². The summed E-state index contributed by atoms with van der Waals surface area (Å²) in [6.07, 6.45) is 3.46. The van der Waals surface area contributed by atoms with Gasteiger partial charge in [0.2, 0.25) is 0 Å². The van der Waals surface area contributed by atoms with Crippen molar-refractivity contribution in [3.05, 3.63) is 29.8 Å². The molecule has 0 amide bonds. The molecule has 2 unspecified atom stereocenters. The summed E-state index contributed by atoms with van der Waals surface area (Å²) >= 11 is 0. The molecule has 1 fully saturated rings. The Kier molecular flexibility index (Phi) is 6.08. The van der Waals surface area contributed by atoms with Crippen molar-refractivity contribution in [2.75, 3.05) is 33.2 Å². The standard InChI is InChI=1S/C16H26FN3O/c1-3-14-12-19(2)8-4-9-20(14)10-7-16(21)15-6-5-13(17)11-18-15/h5-6,11,14,16,21H,3-4,7-10,12H2,1-2H3. The molecule has 5 heteroatoms. The van der Waals surface area contributed by atoms with Gasteiger partial charge in [-0.15, -0.1) is 0 Å². The highest BCUT2D eigenvalue weighted by molar-refractivity contribution is 5.08. The van der Waals surface area contributed by atoms with E-state index in [1.165, 1.54) is 6.07 Å². The lowest BCUT2D eigenvalue weighted by atomic mass is 10.1. The molecule has 1 aliphatic heterocycles. The predicted molar refractivity (Wildman–Crippen MR) is 81.5 cm³/mol. The Hall–Kier alpha value is -1.04. The summed E-state index contributed by atoms with van der Waals surface area (Å²) in [6, 6.07) is 3.46. The van der Waals surface area contributed by atoms with Crippen LogP contribution in [0.2, 0.25) is 0 Å². The van der Waals surface area contributed by atoms with E-state index in [-0.39, 0.29) is 5.82 Å². The van der Waals surface area contributed by atoms with Crippen molar-refractivity contribution < 1.29 is 9.50 Å². The van der Waals surface area contributed by atoms with Crippen LogP contribution in [0.15, 0.2) is 18.3 Å². The molecule has 118 valence electrons. The molecule has 1 aliphatic rings. The first-order valence-electron chi connectivity index (χ1n) is 7.82. The second-order valence-electron chi connectivity index (χ2n) is 5.92. The molecule has 2 atom stereocenters. The molecule has 2 heterocycles.